The van der Waals surface area contributed by atoms with Gasteiger partial charge in [-0.25, -0.2) is 4.79 Å². The topological polar surface area (TPSA) is 110 Å². The molecule has 138 valence electrons. The molecule has 0 fully saturated rings. The van der Waals surface area contributed by atoms with Crippen molar-refractivity contribution < 1.29 is 14.3 Å². The Hall–Kier alpha value is -3.16. The molecule has 1 aromatic carbocycles. The van der Waals surface area contributed by atoms with Crippen LogP contribution in [0.5, 0.6) is 0 Å². The number of amides is 1. The summed E-state index contributed by atoms with van der Waals surface area (Å²) in [6.07, 6.45) is 2.83. The van der Waals surface area contributed by atoms with Crippen LogP contribution >= 0.6 is 0 Å². The van der Waals surface area contributed by atoms with Gasteiger partial charge in [-0.2, -0.15) is 0 Å². The summed E-state index contributed by atoms with van der Waals surface area (Å²) in [5.74, 6) is -1.17. The minimum absolute atomic E-state index is 0.158. The predicted molar refractivity (Wildman–Crippen MR) is 94.5 cm³/mol. The number of nitrogens with one attached hydrogen (secondary N) is 2. The molecule has 8 nitrogen and oxygen atoms in total. The van der Waals surface area contributed by atoms with Gasteiger partial charge in [0.2, 0.25) is 0 Å². The van der Waals surface area contributed by atoms with Gasteiger partial charge in [-0.1, -0.05) is 43.7 Å². The molecule has 0 aliphatic carbocycles. The Kier molecular flexibility index (Phi) is 6.90. The molecular formula is C18H21N3O5. The van der Waals surface area contributed by atoms with E-state index in [2.05, 4.69) is 5.32 Å². The van der Waals surface area contributed by atoms with Gasteiger partial charge in [0, 0.05) is 12.3 Å². The molecule has 0 saturated heterocycles. The van der Waals surface area contributed by atoms with Gasteiger partial charge in [0.1, 0.15) is 6.54 Å². The lowest BCUT2D eigenvalue weighted by Crippen LogP contribution is -2.34. The van der Waals surface area contributed by atoms with Gasteiger partial charge in [-0.05, 0) is 12.0 Å². The number of benzene rings is 1. The Morgan fingerprint density at radius 1 is 1.19 bits per heavy atom. The highest BCUT2D eigenvalue weighted by Crippen LogP contribution is 2.17. The summed E-state index contributed by atoms with van der Waals surface area (Å²) < 4.78 is 5.90. The molecule has 0 bridgehead atoms. The molecule has 1 aromatic heterocycles. The summed E-state index contributed by atoms with van der Waals surface area (Å²) in [5.41, 5.74) is -0.290. The van der Waals surface area contributed by atoms with E-state index in [1.54, 1.807) is 0 Å². The van der Waals surface area contributed by atoms with E-state index >= 15 is 0 Å². The summed E-state index contributed by atoms with van der Waals surface area (Å²) in [6, 6.07) is 10.5. The van der Waals surface area contributed by atoms with E-state index < -0.39 is 29.7 Å². The molecule has 26 heavy (non-hydrogen) atoms. The average molecular weight is 359 g/mol. The number of hydrogen-bond acceptors (Lipinski definition) is 5. The zero-order valence-electron chi connectivity index (χ0n) is 14.4. The van der Waals surface area contributed by atoms with Crippen molar-refractivity contribution in [3.8, 4) is 0 Å². The fourth-order valence-corrected chi connectivity index (χ4v) is 2.43. The first-order valence-corrected chi connectivity index (χ1v) is 8.29. The zero-order valence-corrected chi connectivity index (χ0v) is 14.4. The van der Waals surface area contributed by atoms with Crippen LogP contribution in [0, 0.1) is 0 Å². The lowest BCUT2D eigenvalue weighted by Gasteiger charge is -2.18. The van der Waals surface area contributed by atoms with Crippen LogP contribution in [0.3, 0.4) is 0 Å². The second kappa shape index (κ2) is 9.36. The summed E-state index contributed by atoms with van der Waals surface area (Å²) in [6.45, 7) is 1.19. The third-order valence-electron chi connectivity index (χ3n) is 3.68. The SMILES string of the molecule is CCC[C@@H](NC(=O)COC(=O)Cn1ccc(=O)[nH]c1=O)c1ccccc1. The summed E-state index contributed by atoms with van der Waals surface area (Å²) in [5, 5.41) is 2.84. The number of aromatic amines is 1. The van der Waals surface area contributed by atoms with E-state index in [0.717, 1.165) is 29.0 Å². The van der Waals surface area contributed by atoms with E-state index in [9.17, 15) is 19.2 Å². The van der Waals surface area contributed by atoms with Gasteiger partial charge in [0.15, 0.2) is 6.61 Å². The Labute approximate surface area is 149 Å². The molecule has 2 aromatic rings. The molecule has 8 heteroatoms. The van der Waals surface area contributed by atoms with Crippen molar-refractivity contribution in [1.29, 1.82) is 0 Å². The number of ether oxygens (including phenoxy) is 1. The third kappa shape index (κ3) is 5.73. The molecule has 2 N–H and O–H groups in total. The largest absolute Gasteiger partial charge is 0.454 e. The van der Waals surface area contributed by atoms with Crippen LogP contribution in [0.1, 0.15) is 31.4 Å². The van der Waals surface area contributed by atoms with Gasteiger partial charge in [-0.3, -0.25) is 23.9 Å². The van der Waals surface area contributed by atoms with E-state index in [0.29, 0.717) is 0 Å². The monoisotopic (exact) mass is 359 g/mol. The molecular weight excluding hydrogens is 338 g/mol. The average Bonchev–Trinajstić information content (AvgIpc) is 2.63. The number of esters is 1. The molecule has 0 saturated carbocycles. The lowest BCUT2D eigenvalue weighted by molar-refractivity contribution is -0.149. The number of hydrogen-bond donors (Lipinski definition) is 2. The molecule has 0 unspecified atom stereocenters. The van der Waals surface area contributed by atoms with Gasteiger partial charge in [0.25, 0.3) is 11.5 Å². The quantitative estimate of drug-likeness (QED) is 0.676. The maximum absolute atomic E-state index is 12.1. The first-order chi connectivity index (χ1) is 12.5. The van der Waals surface area contributed by atoms with Gasteiger partial charge in [-0.15, -0.1) is 0 Å². The number of nitrogens with zero attached hydrogens (tertiary/aromatic N) is 1. The van der Waals surface area contributed by atoms with Crippen LogP contribution in [0.25, 0.3) is 0 Å². The highest BCUT2D eigenvalue weighted by molar-refractivity contribution is 5.80. The molecule has 0 aliphatic heterocycles. The Bertz CT molecular complexity index is 857. The van der Waals surface area contributed by atoms with E-state index in [1.165, 1.54) is 6.20 Å². The summed E-state index contributed by atoms with van der Waals surface area (Å²) >= 11 is 0. The second-order valence-electron chi connectivity index (χ2n) is 5.72. The molecule has 2 rings (SSSR count). The van der Waals surface area contributed by atoms with Gasteiger partial charge < -0.3 is 10.1 Å². The van der Waals surface area contributed by atoms with Gasteiger partial charge >= 0.3 is 11.7 Å². The number of aromatic nitrogens is 2. The van der Waals surface area contributed by atoms with Crippen LogP contribution < -0.4 is 16.6 Å². The van der Waals surface area contributed by atoms with Gasteiger partial charge in [0.05, 0.1) is 6.04 Å². The third-order valence-corrected chi connectivity index (χ3v) is 3.68. The van der Waals surface area contributed by atoms with E-state index in [1.807, 2.05) is 42.2 Å². The highest BCUT2D eigenvalue weighted by Gasteiger charge is 2.15. The molecule has 0 aliphatic rings. The first kappa shape index (κ1) is 19.2. The maximum Gasteiger partial charge on any atom is 0.328 e. The minimum Gasteiger partial charge on any atom is -0.454 e. The number of carbonyl (C=O) groups is 2. The van der Waals surface area contributed by atoms with Crippen LogP contribution in [-0.2, 0) is 20.9 Å². The number of carbonyl (C=O) groups excluding carboxylic acids is 2. The van der Waals surface area contributed by atoms with Crippen molar-refractivity contribution in [2.45, 2.75) is 32.4 Å². The van der Waals surface area contributed by atoms with E-state index in [-0.39, 0.29) is 12.6 Å². The summed E-state index contributed by atoms with van der Waals surface area (Å²) in [4.78, 5) is 48.4. The molecule has 1 atom stereocenters. The zero-order chi connectivity index (χ0) is 18.9. The predicted octanol–water partition coefficient (Wildman–Crippen LogP) is 0.737. The van der Waals surface area contributed by atoms with Crippen molar-refractivity contribution in [3.63, 3.8) is 0 Å². The molecule has 0 radical (unpaired) electrons. The minimum atomic E-state index is -0.749. The van der Waals surface area contributed by atoms with Crippen LogP contribution in [-0.4, -0.2) is 28.0 Å². The second-order valence-corrected chi connectivity index (χ2v) is 5.72. The summed E-state index contributed by atoms with van der Waals surface area (Å²) in [7, 11) is 0. The number of rotatable bonds is 8. The standard InChI is InChI=1S/C18H21N3O5/c1-2-6-14(13-7-4-3-5-8-13)19-16(23)12-26-17(24)11-21-10-9-15(22)20-18(21)25/h3-5,7-10,14H,2,6,11-12H2,1H3,(H,19,23)(H,20,22,25)/t14-/m1/s1. The van der Waals surface area contributed by atoms with Crippen molar-refractivity contribution in [3.05, 3.63) is 69.0 Å². The Balaban J connectivity index is 1.87. The molecule has 0 spiro atoms. The highest BCUT2D eigenvalue weighted by atomic mass is 16.5. The normalized spacial score (nSPS) is 11.6. The van der Waals surface area contributed by atoms with Crippen LogP contribution in [0.15, 0.2) is 52.2 Å². The van der Waals surface area contributed by atoms with E-state index in [4.69, 9.17) is 4.74 Å². The van der Waals surface area contributed by atoms with Crippen molar-refractivity contribution >= 4 is 11.9 Å². The fourth-order valence-electron chi connectivity index (χ4n) is 2.43. The van der Waals surface area contributed by atoms with Crippen molar-refractivity contribution in [1.82, 2.24) is 14.9 Å². The smallest absolute Gasteiger partial charge is 0.328 e. The fraction of sp³-hybridized carbons (Fsp3) is 0.333. The van der Waals surface area contributed by atoms with Crippen molar-refractivity contribution in [2.24, 2.45) is 0 Å². The number of H-pyrrole nitrogens is 1. The van der Waals surface area contributed by atoms with Crippen LogP contribution in [0.4, 0.5) is 0 Å². The molecule has 1 heterocycles. The maximum atomic E-state index is 12.1. The first-order valence-electron chi connectivity index (χ1n) is 8.29. The van der Waals surface area contributed by atoms with Crippen LogP contribution in [0.2, 0.25) is 0 Å². The lowest BCUT2D eigenvalue weighted by atomic mass is 10.0. The Morgan fingerprint density at radius 2 is 1.92 bits per heavy atom. The van der Waals surface area contributed by atoms with Crippen molar-refractivity contribution in [2.75, 3.05) is 6.61 Å². The molecule has 1 amide bonds. The Morgan fingerprint density at radius 3 is 2.58 bits per heavy atom.